The van der Waals surface area contributed by atoms with Crippen LogP contribution in [0.4, 0.5) is 0 Å². The topological polar surface area (TPSA) is 33.5 Å². The second kappa shape index (κ2) is 5.63. The Labute approximate surface area is 119 Å². The minimum atomic E-state index is 0.184. The number of carbonyl (C=O) groups excluding carboxylic acids is 1. The smallest absolute Gasteiger partial charge is 0.176 e. The summed E-state index contributed by atoms with van der Waals surface area (Å²) in [6.45, 7) is 3.21. The monoisotopic (exact) mass is 269 g/mol. The predicted molar refractivity (Wildman–Crippen MR) is 77.6 cm³/mol. The van der Waals surface area contributed by atoms with Gasteiger partial charge in [0.05, 0.1) is 19.4 Å². The number of ketones is 1. The molecular weight excluding hydrogens is 250 g/mol. The minimum absolute atomic E-state index is 0.184. The maximum absolute atomic E-state index is 12.4. The number of carbonyl (C=O) groups is 1. The van der Waals surface area contributed by atoms with Crippen molar-refractivity contribution in [3.8, 4) is 0 Å². The van der Waals surface area contributed by atoms with Gasteiger partial charge in [-0.15, -0.1) is 0 Å². The fourth-order valence-corrected chi connectivity index (χ4v) is 2.37. The quantitative estimate of drug-likeness (QED) is 0.753. The lowest BCUT2D eigenvalue weighted by atomic mass is 10.1. The van der Waals surface area contributed by atoms with Crippen molar-refractivity contribution in [2.45, 2.75) is 32.4 Å². The zero-order valence-electron chi connectivity index (χ0n) is 11.7. The Morgan fingerprint density at radius 1 is 1.25 bits per heavy atom. The summed E-state index contributed by atoms with van der Waals surface area (Å²) in [5, 5.41) is 0. The molecule has 1 aliphatic rings. The lowest BCUT2D eigenvalue weighted by molar-refractivity contribution is 0.0913. The molecule has 0 unspecified atom stereocenters. The summed E-state index contributed by atoms with van der Waals surface area (Å²) in [5.41, 5.74) is 1.97. The Morgan fingerprint density at radius 3 is 2.60 bits per heavy atom. The van der Waals surface area contributed by atoms with Gasteiger partial charge in [-0.25, -0.2) is 0 Å². The van der Waals surface area contributed by atoms with Crippen molar-refractivity contribution < 1.29 is 9.21 Å². The number of hydrogen-bond donors (Lipinski definition) is 0. The van der Waals surface area contributed by atoms with Crippen molar-refractivity contribution >= 4 is 5.78 Å². The lowest BCUT2D eigenvalue weighted by Crippen LogP contribution is -2.31. The average Bonchev–Trinajstić information content (AvgIpc) is 3.17. The summed E-state index contributed by atoms with van der Waals surface area (Å²) in [6, 6.07) is 12.2. The van der Waals surface area contributed by atoms with Crippen LogP contribution in [-0.2, 0) is 6.54 Å². The first-order valence-electron chi connectivity index (χ1n) is 7.08. The van der Waals surface area contributed by atoms with Crippen LogP contribution in [0.3, 0.4) is 0 Å². The molecule has 1 aromatic heterocycles. The third-order valence-corrected chi connectivity index (χ3v) is 3.72. The fourth-order valence-electron chi connectivity index (χ4n) is 2.37. The predicted octanol–water partition coefficient (Wildman–Crippen LogP) is 3.44. The molecule has 1 saturated carbocycles. The molecule has 0 atom stereocenters. The van der Waals surface area contributed by atoms with Crippen molar-refractivity contribution in [1.29, 1.82) is 0 Å². The Hall–Kier alpha value is -1.87. The summed E-state index contributed by atoms with van der Waals surface area (Å²) in [7, 11) is 0. The van der Waals surface area contributed by atoms with E-state index in [4.69, 9.17) is 4.42 Å². The second-order valence-electron chi connectivity index (χ2n) is 5.50. The van der Waals surface area contributed by atoms with Gasteiger partial charge in [-0.3, -0.25) is 9.69 Å². The van der Waals surface area contributed by atoms with Gasteiger partial charge in [0, 0.05) is 11.6 Å². The Kier molecular flexibility index (Phi) is 3.70. The van der Waals surface area contributed by atoms with Crippen LogP contribution in [0.2, 0.25) is 0 Å². The molecule has 104 valence electrons. The Balaban J connectivity index is 1.67. The molecule has 1 aromatic carbocycles. The minimum Gasteiger partial charge on any atom is -0.468 e. The molecule has 1 heterocycles. The number of Topliss-reactive ketones (excluding diaryl/α,β-unsaturated/α-hetero) is 1. The molecule has 20 heavy (non-hydrogen) atoms. The molecule has 0 radical (unpaired) electrons. The molecule has 0 bridgehead atoms. The van der Waals surface area contributed by atoms with E-state index in [1.165, 1.54) is 18.4 Å². The van der Waals surface area contributed by atoms with Gasteiger partial charge in [0.2, 0.25) is 0 Å². The summed E-state index contributed by atoms with van der Waals surface area (Å²) in [5.74, 6) is 1.11. The molecule has 0 N–H and O–H groups in total. The number of furan rings is 1. The van der Waals surface area contributed by atoms with Crippen LogP contribution in [0.15, 0.2) is 47.1 Å². The molecule has 0 aliphatic heterocycles. The number of hydrogen-bond acceptors (Lipinski definition) is 3. The van der Waals surface area contributed by atoms with Gasteiger partial charge in [0.25, 0.3) is 0 Å². The second-order valence-corrected chi connectivity index (χ2v) is 5.50. The van der Waals surface area contributed by atoms with E-state index in [1.807, 2.05) is 43.3 Å². The number of benzene rings is 1. The zero-order chi connectivity index (χ0) is 13.9. The van der Waals surface area contributed by atoms with Crippen molar-refractivity contribution in [2.24, 2.45) is 0 Å². The van der Waals surface area contributed by atoms with Crippen LogP contribution in [0.1, 0.15) is 34.5 Å². The molecular formula is C17H19NO2. The largest absolute Gasteiger partial charge is 0.468 e. The standard InChI is InChI=1S/C17H19NO2/c1-13-4-6-14(7-5-13)17(19)12-18(15-8-9-15)11-16-3-2-10-20-16/h2-7,10,15H,8-9,11-12H2,1H3. The van der Waals surface area contributed by atoms with Gasteiger partial charge < -0.3 is 4.42 Å². The maximum Gasteiger partial charge on any atom is 0.176 e. The lowest BCUT2D eigenvalue weighted by Gasteiger charge is -2.19. The van der Waals surface area contributed by atoms with Crippen molar-refractivity contribution in [3.05, 3.63) is 59.5 Å². The molecule has 3 heteroatoms. The van der Waals surface area contributed by atoms with E-state index in [1.54, 1.807) is 6.26 Å². The third-order valence-electron chi connectivity index (χ3n) is 3.72. The third kappa shape index (κ3) is 3.17. The van der Waals surface area contributed by atoms with Crippen LogP contribution >= 0.6 is 0 Å². The van der Waals surface area contributed by atoms with Crippen molar-refractivity contribution in [3.63, 3.8) is 0 Å². The van der Waals surface area contributed by atoms with E-state index in [2.05, 4.69) is 4.90 Å². The summed E-state index contributed by atoms with van der Waals surface area (Å²) < 4.78 is 5.39. The summed E-state index contributed by atoms with van der Waals surface area (Å²) >= 11 is 0. The summed E-state index contributed by atoms with van der Waals surface area (Å²) in [4.78, 5) is 14.6. The van der Waals surface area contributed by atoms with Crippen LogP contribution in [-0.4, -0.2) is 23.3 Å². The number of nitrogens with zero attached hydrogens (tertiary/aromatic N) is 1. The number of rotatable bonds is 6. The van der Waals surface area contributed by atoms with Gasteiger partial charge in [-0.1, -0.05) is 29.8 Å². The Morgan fingerprint density at radius 2 is 2.00 bits per heavy atom. The van der Waals surface area contributed by atoms with Crippen LogP contribution in [0, 0.1) is 6.92 Å². The van der Waals surface area contributed by atoms with Crippen LogP contribution in [0.5, 0.6) is 0 Å². The SMILES string of the molecule is Cc1ccc(C(=O)CN(Cc2ccco2)C2CC2)cc1. The van der Waals surface area contributed by atoms with Gasteiger partial charge in [0.15, 0.2) is 5.78 Å². The molecule has 0 amide bonds. The highest BCUT2D eigenvalue weighted by Crippen LogP contribution is 2.28. The Bertz CT molecular complexity index is 568. The van der Waals surface area contributed by atoms with Crippen molar-refractivity contribution in [2.75, 3.05) is 6.54 Å². The van der Waals surface area contributed by atoms with E-state index < -0.39 is 0 Å². The first-order chi connectivity index (χ1) is 9.72. The first-order valence-corrected chi connectivity index (χ1v) is 7.08. The van der Waals surface area contributed by atoms with Crippen molar-refractivity contribution in [1.82, 2.24) is 4.90 Å². The van der Waals surface area contributed by atoms with Gasteiger partial charge >= 0.3 is 0 Å². The van der Waals surface area contributed by atoms with E-state index >= 15 is 0 Å². The van der Waals surface area contributed by atoms with Gasteiger partial charge in [0.1, 0.15) is 5.76 Å². The normalized spacial score (nSPS) is 14.7. The molecule has 1 fully saturated rings. The molecule has 3 nitrogen and oxygen atoms in total. The molecule has 0 saturated heterocycles. The number of aryl methyl sites for hydroxylation is 1. The average molecular weight is 269 g/mol. The summed E-state index contributed by atoms with van der Waals surface area (Å²) in [6.07, 6.45) is 4.05. The van der Waals surface area contributed by atoms with Gasteiger partial charge in [-0.05, 0) is 31.9 Å². The zero-order valence-corrected chi connectivity index (χ0v) is 11.7. The molecule has 2 aromatic rings. The van der Waals surface area contributed by atoms with E-state index in [-0.39, 0.29) is 5.78 Å². The van der Waals surface area contributed by atoms with Gasteiger partial charge in [-0.2, -0.15) is 0 Å². The first kappa shape index (κ1) is 13.1. The maximum atomic E-state index is 12.4. The van der Waals surface area contributed by atoms with E-state index in [0.717, 1.165) is 17.9 Å². The van der Waals surface area contributed by atoms with Crippen LogP contribution in [0.25, 0.3) is 0 Å². The highest BCUT2D eigenvalue weighted by atomic mass is 16.3. The van der Waals surface area contributed by atoms with E-state index in [9.17, 15) is 4.79 Å². The molecule has 0 spiro atoms. The van der Waals surface area contributed by atoms with E-state index in [0.29, 0.717) is 12.6 Å². The van der Waals surface area contributed by atoms with Crippen LogP contribution < -0.4 is 0 Å². The highest BCUT2D eigenvalue weighted by Gasteiger charge is 2.30. The molecule has 1 aliphatic carbocycles. The molecule has 3 rings (SSSR count). The highest BCUT2D eigenvalue weighted by molar-refractivity contribution is 5.97. The fraction of sp³-hybridized carbons (Fsp3) is 0.353.